The van der Waals surface area contributed by atoms with Gasteiger partial charge in [-0.05, 0) is 24.1 Å². The fraction of sp³-hybridized carbons (Fsp3) is 0.538. The van der Waals surface area contributed by atoms with Gasteiger partial charge in [-0.25, -0.2) is 0 Å². The summed E-state index contributed by atoms with van der Waals surface area (Å²) in [6.45, 7) is 2.76. The lowest BCUT2D eigenvalue weighted by atomic mass is 10.2. The second kappa shape index (κ2) is 9.48. The Labute approximate surface area is 108 Å². The van der Waals surface area contributed by atoms with Crippen LogP contribution in [0.2, 0.25) is 0 Å². The predicted octanol–water partition coefficient (Wildman–Crippen LogP) is 2.29. The first kappa shape index (κ1) is 14.5. The maximum absolute atomic E-state index is 5.60. The Morgan fingerprint density at radius 2 is 2.12 bits per heavy atom. The first-order chi connectivity index (χ1) is 8.36. The number of thioether (sulfide) groups is 1. The van der Waals surface area contributed by atoms with Crippen molar-refractivity contribution in [3.05, 3.63) is 29.8 Å². The highest BCUT2D eigenvalue weighted by atomic mass is 32.2. The Morgan fingerprint density at radius 1 is 1.24 bits per heavy atom. The molecule has 0 fully saturated rings. The fourth-order valence-corrected chi connectivity index (χ4v) is 2.26. The van der Waals surface area contributed by atoms with Crippen LogP contribution in [0.25, 0.3) is 0 Å². The molecule has 4 heteroatoms. The second-order valence-electron chi connectivity index (χ2n) is 3.66. The molecule has 1 aromatic carbocycles. The minimum absolute atomic E-state index is 0.606. The lowest BCUT2D eigenvalue weighted by Crippen LogP contribution is -2.03. The van der Waals surface area contributed by atoms with E-state index < -0.39 is 0 Å². The molecule has 0 spiro atoms. The number of nitrogens with two attached hydrogens (primary N) is 1. The summed E-state index contributed by atoms with van der Waals surface area (Å²) in [5.74, 6) is 1.07. The van der Waals surface area contributed by atoms with E-state index in [4.69, 9.17) is 15.2 Å². The van der Waals surface area contributed by atoms with Gasteiger partial charge in [0.15, 0.2) is 0 Å². The molecule has 0 heterocycles. The topological polar surface area (TPSA) is 44.5 Å². The second-order valence-corrected chi connectivity index (χ2v) is 4.83. The number of rotatable bonds is 9. The van der Waals surface area contributed by atoms with Crippen molar-refractivity contribution in [2.45, 2.75) is 17.9 Å². The average Bonchev–Trinajstić information content (AvgIpc) is 2.38. The summed E-state index contributed by atoms with van der Waals surface area (Å²) in [6.07, 6.45) is 1.06. The Morgan fingerprint density at radius 3 is 2.88 bits per heavy atom. The highest BCUT2D eigenvalue weighted by molar-refractivity contribution is 7.99. The Kier molecular flexibility index (Phi) is 8.09. The molecule has 0 bridgehead atoms. The van der Waals surface area contributed by atoms with Gasteiger partial charge < -0.3 is 15.2 Å². The van der Waals surface area contributed by atoms with Crippen LogP contribution in [0.5, 0.6) is 0 Å². The van der Waals surface area contributed by atoms with Crippen LogP contribution in [0.3, 0.4) is 0 Å². The van der Waals surface area contributed by atoms with Gasteiger partial charge in [-0.2, -0.15) is 0 Å². The van der Waals surface area contributed by atoms with Crippen LogP contribution >= 0.6 is 11.8 Å². The lowest BCUT2D eigenvalue weighted by molar-refractivity contribution is 0.0713. The molecule has 3 nitrogen and oxygen atoms in total. The summed E-state index contributed by atoms with van der Waals surface area (Å²) >= 11 is 1.85. The predicted molar refractivity (Wildman–Crippen MR) is 72.4 cm³/mol. The SMILES string of the molecule is COCCOCCCSc1cccc(CN)c1. The van der Waals surface area contributed by atoms with E-state index in [1.807, 2.05) is 11.8 Å². The van der Waals surface area contributed by atoms with E-state index in [-0.39, 0.29) is 0 Å². The molecule has 0 aliphatic rings. The van der Waals surface area contributed by atoms with Crippen molar-refractivity contribution >= 4 is 11.8 Å². The molecule has 0 aliphatic heterocycles. The van der Waals surface area contributed by atoms with Gasteiger partial charge in [-0.3, -0.25) is 0 Å². The van der Waals surface area contributed by atoms with Crippen LogP contribution in [0.15, 0.2) is 29.2 Å². The largest absolute Gasteiger partial charge is 0.382 e. The summed E-state index contributed by atoms with van der Waals surface area (Å²) in [5.41, 5.74) is 6.79. The molecule has 0 saturated carbocycles. The van der Waals surface area contributed by atoms with Crippen LogP contribution in [-0.2, 0) is 16.0 Å². The monoisotopic (exact) mass is 255 g/mol. The number of hydrogen-bond donors (Lipinski definition) is 1. The van der Waals surface area contributed by atoms with Crippen LogP contribution < -0.4 is 5.73 Å². The van der Waals surface area contributed by atoms with E-state index in [2.05, 4.69) is 24.3 Å². The maximum atomic E-state index is 5.60. The zero-order chi connectivity index (χ0) is 12.3. The first-order valence-electron chi connectivity index (χ1n) is 5.85. The third-order valence-electron chi connectivity index (χ3n) is 2.27. The zero-order valence-corrected chi connectivity index (χ0v) is 11.2. The number of benzene rings is 1. The highest BCUT2D eigenvalue weighted by Crippen LogP contribution is 2.19. The third kappa shape index (κ3) is 6.68. The van der Waals surface area contributed by atoms with Gasteiger partial charge in [0.05, 0.1) is 13.2 Å². The first-order valence-corrected chi connectivity index (χ1v) is 6.84. The molecule has 0 unspecified atom stereocenters. The van der Waals surface area contributed by atoms with Crippen molar-refractivity contribution in [2.75, 3.05) is 32.7 Å². The molecule has 96 valence electrons. The number of hydrogen-bond acceptors (Lipinski definition) is 4. The summed E-state index contributed by atoms with van der Waals surface area (Å²) in [4.78, 5) is 1.28. The Balaban J connectivity index is 2.09. The fourth-order valence-electron chi connectivity index (χ4n) is 1.36. The van der Waals surface area contributed by atoms with E-state index in [0.717, 1.165) is 18.8 Å². The molecule has 2 N–H and O–H groups in total. The van der Waals surface area contributed by atoms with Crippen molar-refractivity contribution < 1.29 is 9.47 Å². The summed E-state index contributed by atoms with van der Waals surface area (Å²) in [5, 5.41) is 0. The summed E-state index contributed by atoms with van der Waals surface area (Å²) in [7, 11) is 1.68. The molecule has 1 rings (SSSR count). The van der Waals surface area contributed by atoms with E-state index in [9.17, 15) is 0 Å². The van der Waals surface area contributed by atoms with E-state index in [0.29, 0.717) is 19.8 Å². The molecule has 0 atom stereocenters. The molecule has 0 aliphatic carbocycles. The van der Waals surface area contributed by atoms with Gasteiger partial charge in [0.25, 0.3) is 0 Å². The van der Waals surface area contributed by atoms with Gasteiger partial charge in [-0.1, -0.05) is 12.1 Å². The van der Waals surface area contributed by atoms with E-state index in [1.165, 1.54) is 10.5 Å². The zero-order valence-electron chi connectivity index (χ0n) is 10.4. The van der Waals surface area contributed by atoms with Crippen LogP contribution in [0, 0.1) is 0 Å². The van der Waals surface area contributed by atoms with Crippen LogP contribution in [-0.4, -0.2) is 32.7 Å². The molecule has 0 saturated heterocycles. The molecule has 0 aromatic heterocycles. The summed E-state index contributed by atoms with van der Waals surface area (Å²) in [6, 6.07) is 8.38. The lowest BCUT2D eigenvalue weighted by Gasteiger charge is -2.05. The molecular formula is C13H21NO2S. The minimum Gasteiger partial charge on any atom is -0.382 e. The normalized spacial score (nSPS) is 10.7. The van der Waals surface area contributed by atoms with Crippen LogP contribution in [0.1, 0.15) is 12.0 Å². The number of ether oxygens (including phenoxy) is 2. The van der Waals surface area contributed by atoms with Gasteiger partial charge in [0.1, 0.15) is 0 Å². The quantitative estimate of drug-likeness (QED) is 0.543. The average molecular weight is 255 g/mol. The molecule has 1 aromatic rings. The highest BCUT2D eigenvalue weighted by Gasteiger charge is 1.96. The van der Waals surface area contributed by atoms with Gasteiger partial charge in [0.2, 0.25) is 0 Å². The standard InChI is InChI=1S/C13H21NO2S/c1-15-7-8-16-6-3-9-17-13-5-2-4-12(10-13)11-14/h2,4-5,10H,3,6-9,11,14H2,1H3. The molecule has 17 heavy (non-hydrogen) atoms. The van der Waals surface area contributed by atoms with Crippen molar-refractivity contribution in [3.63, 3.8) is 0 Å². The Bertz CT molecular complexity index is 307. The maximum Gasteiger partial charge on any atom is 0.0700 e. The van der Waals surface area contributed by atoms with Gasteiger partial charge >= 0.3 is 0 Å². The molecule has 0 amide bonds. The Hall–Kier alpha value is -0.550. The van der Waals surface area contributed by atoms with E-state index in [1.54, 1.807) is 7.11 Å². The minimum atomic E-state index is 0.606. The van der Waals surface area contributed by atoms with Crippen LogP contribution in [0.4, 0.5) is 0 Å². The smallest absolute Gasteiger partial charge is 0.0700 e. The van der Waals surface area contributed by atoms with Crippen molar-refractivity contribution in [2.24, 2.45) is 5.73 Å². The van der Waals surface area contributed by atoms with Crippen molar-refractivity contribution in [1.29, 1.82) is 0 Å². The van der Waals surface area contributed by atoms with Gasteiger partial charge in [-0.15, -0.1) is 11.8 Å². The summed E-state index contributed by atoms with van der Waals surface area (Å²) < 4.78 is 10.3. The van der Waals surface area contributed by atoms with Crippen molar-refractivity contribution in [3.8, 4) is 0 Å². The number of methoxy groups -OCH3 is 1. The van der Waals surface area contributed by atoms with Crippen molar-refractivity contribution in [1.82, 2.24) is 0 Å². The molecule has 0 radical (unpaired) electrons. The van der Waals surface area contributed by atoms with Gasteiger partial charge in [0, 0.05) is 30.9 Å². The third-order valence-corrected chi connectivity index (χ3v) is 3.35. The molecular weight excluding hydrogens is 234 g/mol. The van der Waals surface area contributed by atoms with E-state index >= 15 is 0 Å².